The molecule has 0 aliphatic heterocycles. The van der Waals surface area contributed by atoms with Crippen molar-refractivity contribution in [3.8, 4) is 0 Å². The zero-order valence-corrected chi connectivity index (χ0v) is 8.89. The SMILES string of the molecule is C=NNc1ccc(C)cc1C.CC. The molecule has 0 saturated carbocycles. The van der Waals surface area contributed by atoms with Crippen molar-refractivity contribution in [3.63, 3.8) is 0 Å². The summed E-state index contributed by atoms with van der Waals surface area (Å²) in [7, 11) is 0. The Morgan fingerprint density at radius 3 is 2.31 bits per heavy atom. The van der Waals surface area contributed by atoms with Crippen molar-refractivity contribution < 1.29 is 0 Å². The number of aryl methyl sites for hydroxylation is 2. The summed E-state index contributed by atoms with van der Waals surface area (Å²) in [5.41, 5.74) is 6.29. The highest BCUT2D eigenvalue weighted by Crippen LogP contribution is 2.15. The third-order valence-corrected chi connectivity index (χ3v) is 1.58. The first-order chi connectivity index (χ1) is 6.24. The van der Waals surface area contributed by atoms with Gasteiger partial charge in [0.15, 0.2) is 0 Å². The van der Waals surface area contributed by atoms with Gasteiger partial charge in [0.25, 0.3) is 0 Å². The summed E-state index contributed by atoms with van der Waals surface area (Å²) in [4.78, 5) is 0. The van der Waals surface area contributed by atoms with Gasteiger partial charge >= 0.3 is 0 Å². The number of nitrogens with zero attached hydrogens (tertiary/aromatic N) is 1. The predicted octanol–water partition coefficient (Wildman–Crippen LogP) is 3.36. The second-order valence-corrected chi connectivity index (χ2v) is 2.59. The summed E-state index contributed by atoms with van der Waals surface area (Å²) in [6.07, 6.45) is 0. The van der Waals surface area contributed by atoms with Gasteiger partial charge in [0.05, 0.1) is 5.69 Å². The van der Waals surface area contributed by atoms with Crippen LogP contribution in [0.2, 0.25) is 0 Å². The van der Waals surface area contributed by atoms with Gasteiger partial charge in [-0.2, -0.15) is 5.10 Å². The molecular formula is C11H18N2. The molecule has 0 fully saturated rings. The van der Waals surface area contributed by atoms with Gasteiger partial charge in [-0.1, -0.05) is 31.5 Å². The second-order valence-electron chi connectivity index (χ2n) is 2.59. The number of hydrazone groups is 1. The largest absolute Gasteiger partial charge is 0.279 e. The van der Waals surface area contributed by atoms with Crippen LogP contribution in [-0.4, -0.2) is 6.72 Å². The van der Waals surface area contributed by atoms with E-state index >= 15 is 0 Å². The number of anilines is 1. The fraction of sp³-hybridized carbons (Fsp3) is 0.364. The summed E-state index contributed by atoms with van der Waals surface area (Å²) in [6.45, 7) is 11.5. The van der Waals surface area contributed by atoms with Crippen LogP contribution in [-0.2, 0) is 0 Å². The van der Waals surface area contributed by atoms with Crippen molar-refractivity contribution in [1.82, 2.24) is 0 Å². The third kappa shape index (κ3) is 3.74. The molecule has 1 N–H and O–H groups in total. The Balaban J connectivity index is 0.000000671. The Bertz CT molecular complexity index is 267. The lowest BCUT2D eigenvalue weighted by Crippen LogP contribution is -1.90. The van der Waals surface area contributed by atoms with E-state index in [-0.39, 0.29) is 0 Å². The zero-order valence-electron chi connectivity index (χ0n) is 8.89. The van der Waals surface area contributed by atoms with Crippen LogP contribution in [0, 0.1) is 13.8 Å². The Labute approximate surface area is 80.7 Å². The molecule has 72 valence electrons. The van der Waals surface area contributed by atoms with E-state index in [0.717, 1.165) is 5.69 Å². The first-order valence-electron chi connectivity index (χ1n) is 4.53. The molecule has 2 heteroatoms. The molecule has 0 atom stereocenters. The van der Waals surface area contributed by atoms with Gasteiger partial charge in [-0.05, 0) is 25.5 Å². The van der Waals surface area contributed by atoms with Crippen molar-refractivity contribution in [2.75, 3.05) is 5.43 Å². The maximum atomic E-state index is 3.60. The molecule has 0 spiro atoms. The number of rotatable bonds is 2. The van der Waals surface area contributed by atoms with Crippen molar-refractivity contribution in [3.05, 3.63) is 29.3 Å². The van der Waals surface area contributed by atoms with Gasteiger partial charge in [0.2, 0.25) is 0 Å². The first kappa shape index (κ1) is 11.7. The van der Waals surface area contributed by atoms with Gasteiger partial charge in [-0.3, -0.25) is 5.43 Å². The molecule has 0 aromatic heterocycles. The van der Waals surface area contributed by atoms with Crippen LogP contribution >= 0.6 is 0 Å². The van der Waals surface area contributed by atoms with Crippen LogP contribution in [0.25, 0.3) is 0 Å². The van der Waals surface area contributed by atoms with Crippen LogP contribution in [0.15, 0.2) is 23.3 Å². The van der Waals surface area contributed by atoms with Gasteiger partial charge in [-0.15, -0.1) is 0 Å². The van der Waals surface area contributed by atoms with Crippen LogP contribution in [0.1, 0.15) is 25.0 Å². The normalized spacial score (nSPS) is 8.31. The molecule has 1 aromatic carbocycles. The van der Waals surface area contributed by atoms with Crippen LogP contribution in [0.3, 0.4) is 0 Å². The second kappa shape index (κ2) is 6.23. The molecule has 0 bridgehead atoms. The maximum Gasteiger partial charge on any atom is 0.0590 e. The van der Waals surface area contributed by atoms with Crippen molar-refractivity contribution in [2.45, 2.75) is 27.7 Å². The highest BCUT2D eigenvalue weighted by molar-refractivity contribution is 5.52. The number of nitrogens with one attached hydrogen (secondary N) is 1. The Morgan fingerprint density at radius 2 is 1.85 bits per heavy atom. The van der Waals surface area contributed by atoms with Crippen LogP contribution in [0.4, 0.5) is 5.69 Å². The molecule has 0 saturated heterocycles. The zero-order chi connectivity index (χ0) is 10.3. The van der Waals surface area contributed by atoms with Crippen molar-refractivity contribution >= 4 is 12.4 Å². The van der Waals surface area contributed by atoms with Gasteiger partial charge in [-0.25, -0.2) is 0 Å². The molecule has 1 aromatic rings. The molecule has 13 heavy (non-hydrogen) atoms. The van der Waals surface area contributed by atoms with Crippen LogP contribution < -0.4 is 5.43 Å². The third-order valence-electron chi connectivity index (χ3n) is 1.58. The fourth-order valence-electron chi connectivity index (χ4n) is 1.02. The molecule has 0 heterocycles. The van der Waals surface area contributed by atoms with E-state index in [0.29, 0.717) is 0 Å². The van der Waals surface area contributed by atoms with E-state index in [9.17, 15) is 0 Å². The average Bonchev–Trinajstić information content (AvgIpc) is 2.14. The fourth-order valence-corrected chi connectivity index (χ4v) is 1.02. The van der Waals surface area contributed by atoms with Gasteiger partial charge < -0.3 is 0 Å². The summed E-state index contributed by atoms with van der Waals surface area (Å²) < 4.78 is 0. The minimum absolute atomic E-state index is 1.02. The predicted molar refractivity (Wildman–Crippen MR) is 60.4 cm³/mol. The van der Waals surface area contributed by atoms with E-state index in [1.165, 1.54) is 11.1 Å². The molecular weight excluding hydrogens is 160 g/mol. The quantitative estimate of drug-likeness (QED) is 0.545. The van der Waals surface area contributed by atoms with E-state index in [1.54, 1.807) is 0 Å². The van der Waals surface area contributed by atoms with Crippen molar-refractivity contribution in [2.24, 2.45) is 5.10 Å². The molecule has 1 rings (SSSR count). The first-order valence-corrected chi connectivity index (χ1v) is 4.53. The topological polar surface area (TPSA) is 24.4 Å². The van der Waals surface area contributed by atoms with E-state index < -0.39 is 0 Å². The molecule has 2 nitrogen and oxygen atoms in total. The molecule has 0 aliphatic rings. The molecule has 0 amide bonds. The molecule has 0 unspecified atom stereocenters. The lowest BCUT2D eigenvalue weighted by atomic mass is 10.1. The number of hydrogen-bond acceptors (Lipinski definition) is 2. The lowest BCUT2D eigenvalue weighted by Gasteiger charge is -2.04. The monoisotopic (exact) mass is 178 g/mol. The molecule has 0 aliphatic carbocycles. The van der Waals surface area contributed by atoms with Crippen LogP contribution in [0.5, 0.6) is 0 Å². The summed E-state index contributed by atoms with van der Waals surface area (Å²) in [5.74, 6) is 0. The standard InChI is InChI=1S/C9H12N2.C2H6/c1-7-4-5-9(11-10-3)8(2)6-7;1-2/h4-6,11H,3H2,1-2H3;1-2H3. The number of benzene rings is 1. The Hall–Kier alpha value is -1.31. The summed E-state index contributed by atoms with van der Waals surface area (Å²) >= 11 is 0. The lowest BCUT2D eigenvalue weighted by molar-refractivity contribution is 1.30. The Morgan fingerprint density at radius 1 is 1.23 bits per heavy atom. The maximum absolute atomic E-state index is 3.60. The van der Waals surface area contributed by atoms with Crippen molar-refractivity contribution in [1.29, 1.82) is 0 Å². The van der Waals surface area contributed by atoms with Gasteiger partial charge in [0.1, 0.15) is 0 Å². The Kier molecular flexibility index (Phi) is 5.60. The molecule has 0 radical (unpaired) electrons. The summed E-state index contributed by atoms with van der Waals surface area (Å²) in [6, 6.07) is 6.15. The van der Waals surface area contributed by atoms with E-state index in [1.807, 2.05) is 32.9 Å². The minimum Gasteiger partial charge on any atom is -0.279 e. The minimum atomic E-state index is 1.02. The average molecular weight is 178 g/mol. The summed E-state index contributed by atoms with van der Waals surface area (Å²) in [5, 5.41) is 3.60. The highest BCUT2D eigenvalue weighted by atomic mass is 15.3. The van der Waals surface area contributed by atoms with E-state index in [2.05, 4.69) is 30.2 Å². The smallest absolute Gasteiger partial charge is 0.0590 e. The highest BCUT2D eigenvalue weighted by Gasteiger charge is 1.94. The number of hydrogen-bond donors (Lipinski definition) is 1. The van der Waals surface area contributed by atoms with E-state index in [4.69, 9.17) is 0 Å². The van der Waals surface area contributed by atoms with Gasteiger partial charge in [0, 0.05) is 6.72 Å².